The van der Waals surface area contributed by atoms with Crippen LogP contribution in [0.15, 0.2) is 174 Å². The summed E-state index contributed by atoms with van der Waals surface area (Å²) >= 11 is 0. The van der Waals surface area contributed by atoms with Crippen LogP contribution in [0.1, 0.15) is 109 Å². The molecular formula is C65H64N2O. The highest BCUT2D eigenvalue weighted by Gasteiger charge is 2.40. The van der Waals surface area contributed by atoms with Gasteiger partial charge in [-0.25, -0.2) is 0 Å². The van der Waals surface area contributed by atoms with Crippen molar-refractivity contribution < 1.29 is 4.42 Å². The van der Waals surface area contributed by atoms with Crippen molar-refractivity contribution in [1.82, 2.24) is 0 Å². The van der Waals surface area contributed by atoms with Crippen LogP contribution in [-0.2, 0) is 21.7 Å². The first-order chi connectivity index (χ1) is 32.5. The first kappa shape index (κ1) is 43.7. The normalized spacial score (nSPS) is 16.5. The molecule has 8 aromatic carbocycles. The van der Waals surface area contributed by atoms with Gasteiger partial charge in [-0.2, -0.15) is 0 Å². The number of rotatable bonds is 8. The second-order valence-corrected chi connectivity index (χ2v) is 22.5. The lowest BCUT2D eigenvalue weighted by atomic mass is 9.62. The molecule has 1 heterocycles. The van der Waals surface area contributed by atoms with Crippen LogP contribution in [-0.4, -0.2) is 0 Å². The van der Waals surface area contributed by atoms with Crippen molar-refractivity contribution in [2.45, 2.75) is 110 Å². The van der Waals surface area contributed by atoms with Crippen molar-refractivity contribution >= 4 is 50.2 Å². The van der Waals surface area contributed by atoms with Crippen LogP contribution in [0.3, 0.4) is 0 Å². The molecule has 0 bridgehead atoms. The predicted octanol–water partition coefficient (Wildman–Crippen LogP) is 18.8. The van der Waals surface area contributed by atoms with Gasteiger partial charge in [0.05, 0.1) is 5.69 Å². The van der Waals surface area contributed by atoms with Gasteiger partial charge in [0.1, 0.15) is 11.8 Å². The minimum absolute atomic E-state index is 0.0220. The summed E-state index contributed by atoms with van der Waals surface area (Å²) in [6.45, 7) is 21.7. The molecule has 1 N–H and O–H groups in total. The smallest absolute Gasteiger partial charge is 0.136 e. The quantitative estimate of drug-likeness (QED) is 0.165. The maximum atomic E-state index is 6.78. The van der Waals surface area contributed by atoms with Crippen LogP contribution in [0.4, 0.5) is 28.4 Å². The highest BCUT2D eigenvalue weighted by Crippen LogP contribution is 2.53. The van der Waals surface area contributed by atoms with Gasteiger partial charge in [0, 0.05) is 33.7 Å². The molecule has 11 rings (SSSR count). The molecule has 2 aliphatic rings. The van der Waals surface area contributed by atoms with Crippen molar-refractivity contribution in [2.24, 2.45) is 0 Å². The zero-order valence-electron chi connectivity index (χ0n) is 41.3. The van der Waals surface area contributed by atoms with Gasteiger partial charge in [-0.1, -0.05) is 159 Å². The standard InChI is InChI=1S/C65H64N2O/c1-42-32-54-56(64(6,7)30-28-62(54,2)3)39-59(42)67(60-41-68-61-40-57-55(38-53(60)61)63(4,5)29-31-65(57,8)9)51-34-48(44-20-14-11-15-21-44)33-49(35-51)52-36-46-22-16-17-23-47(46)37-58(52)66-50-26-24-45(25-27-50)43-18-12-10-13-19-43/h10-27,32-41,66H,28-31H2,1-9H3. The lowest BCUT2D eigenvalue weighted by molar-refractivity contribution is 0.332. The van der Waals surface area contributed by atoms with Crippen LogP contribution in [0.25, 0.3) is 55.1 Å². The van der Waals surface area contributed by atoms with Crippen LogP contribution in [0.2, 0.25) is 0 Å². The molecule has 9 aromatic rings. The van der Waals surface area contributed by atoms with Crippen molar-refractivity contribution in [2.75, 3.05) is 10.2 Å². The fourth-order valence-electron chi connectivity index (χ4n) is 11.4. The number of hydrogen-bond donors (Lipinski definition) is 1. The summed E-state index contributed by atoms with van der Waals surface area (Å²) in [6.07, 6.45) is 6.63. The van der Waals surface area contributed by atoms with E-state index in [2.05, 4.69) is 236 Å². The Hall–Kier alpha value is -6.84. The summed E-state index contributed by atoms with van der Waals surface area (Å²) < 4.78 is 6.78. The third-order valence-corrected chi connectivity index (χ3v) is 15.9. The van der Waals surface area contributed by atoms with E-state index in [9.17, 15) is 0 Å². The monoisotopic (exact) mass is 889 g/mol. The highest BCUT2D eigenvalue weighted by molar-refractivity contribution is 6.01. The third kappa shape index (κ3) is 7.70. The van der Waals surface area contributed by atoms with Gasteiger partial charge in [0.2, 0.25) is 0 Å². The van der Waals surface area contributed by atoms with E-state index in [0.717, 1.165) is 69.7 Å². The van der Waals surface area contributed by atoms with E-state index < -0.39 is 0 Å². The van der Waals surface area contributed by atoms with Gasteiger partial charge in [0.25, 0.3) is 0 Å². The van der Waals surface area contributed by atoms with E-state index in [1.165, 1.54) is 67.4 Å². The zero-order chi connectivity index (χ0) is 47.2. The molecule has 0 aliphatic heterocycles. The second kappa shape index (κ2) is 16.2. The Bertz CT molecular complexity index is 3370. The SMILES string of the molecule is Cc1cc2c(cc1N(c1cc(-c3ccccc3)cc(-c3cc4ccccc4cc3Nc3ccc(-c4ccccc4)cc3)c1)c1coc3cc4c(cc13)C(C)(C)CCC4(C)C)C(C)(C)CCC2(C)C. The Morgan fingerprint density at radius 2 is 0.941 bits per heavy atom. The molecule has 0 atom stereocenters. The Morgan fingerprint density at radius 1 is 0.441 bits per heavy atom. The third-order valence-electron chi connectivity index (χ3n) is 15.9. The average Bonchev–Trinajstić information content (AvgIpc) is 3.75. The lowest BCUT2D eigenvalue weighted by Crippen LogP contribution is -2.34. The molecule has 0 amide bonds. The van der Waals surface area contributed by atoms with Gasteiger partial charge in [-0.3, -0.25) is 0 Å². The van der Waals surface area contributed by atoms with Crippen molar-refractivity contribution in [3.05, 3.63) is 198 Å². The van der Waals surface area contributed by atoms with Crippen LogP contribution < -0.4 is 10.2 Å². The Kier molecular flexibility index (Phi) is 10.4. The Labute approximate surface area is 403 Å². The van der Waals surface area contributed by atoms with Gasteiger partial charge < -0.3 is 14.6 Å². The molecule has 0 saturated carbocycles. The van der Waals surface area contributed by atoms with E-state index in [1.807, 2.05) is 6.26 Å². The summed E-state index contributed by atoms with van der Waals surface area (Å²) in [5.74, 6) is 0. The molecule has 3 nitrogen and oxygen atoms in total. The Morgan fingerprint density at radius 3 is 1.56 bits per heavy atom. The van der Waals surface area contributed by atoms with E-state index >= 15 is 0 Å². The average molecular weight is 889 g/mol. The number of aryl methyl sites for hydroxylation is 1. The predicted molar refractivity (Wildman–Crippen MR) is 290 cm³/mol. The maximum Gasteiger partial charge on any atom is 0.136 e. The number of anilines is 5. The van der Waals surface area contributed by atoms with Crippen LogP contribution in [0, 0.1) is 6.92 Å². The minimum Gasteiger partial charge on any atom is -0.462 e. The minimum atomic E-state index is 0.0220. The molecule has 0 saturated heterocycles. The second-order valence-electron chi connectivity index (χ2n) is 22.5. The molecule has 68 heavy (non-hydrogen) atoms. The summed E-state index contributed by atoms with van der Waals surface area (Å²) in [7, 11) is 0. The van der Waals surface area contributed by atoms with Crippen LogP contribution in [0.5, 0.6) is 0 Å². The molecule has 1 aromatic heterocycles. The van der Waals surface area contributed by atoms with Crippen molar-refractivity contribution in [1.29, 1.82) is 0 Å². The van der Waals surface area contributed by atoms with E-state index in [0.29, 0.717) is 0 Å². The number of furan rings is 1. The molecular weight excluding hydrogens is 825 g/mol. The zero-order valence-corrected chi connectivity index (χ0v) is 41.3. The molecule has 3 heteroatoms. The number of nitrogens with one attached hydrogen (secondary N) is 1. The first-order valence-corrected chi connectivity index (χ1v) is 24.7. The molecule has 0 fully saturated rings. The van der Waals surface area contributed by atoms with Gasteiger partial charge in [-0.05, 0) is 181 Å². The number of benzene rings is 8. The first-order valence-electron chi connectivity index (χ1n) is 24.7. The molecule has 340 valence electrons. The number of fused-ring (bicyclic) bond motifs is 4. The molecule has 0 spiro atoms. The largest absolute Gasteiger partial charge is 0.462 e. The lowest BCUT2D eigenvalue weighted by Gasteiger charge is -2.43. The number of hydrogen-bond acceptors (Lipinski definition) is 3. The fraction of sp³-hybridized carbons (Fsp3) is 0.262. The van der Waals surface area contributed by atoms with E-state index in [1.54, 1.807) is 0 Å². The highest BCUT2D eigenvalue weighted by atomic mass is 16.3. The van der Waals surface area contributed by atoms with E-state index in [-0.39, 0.29) is 21.7 Å². The van der Waals surface area contributed by atoms with Crippen molar-refractivity contribution in [3.63, 3.8) is 0 Å². The molecule has 2 aliphatic carbocycles. The van der Waals surface area contributed by atoms with E-state index in [4.69, 9.17) is 4.42 Å². The van der Waals surface area contributed by atoms with Crippen LogP contribution >= 0.6 is 0 Å². The summed E-state index contributed by atoms with van der Waals surface area (Å²) in [5, 5.41) is 7.44. The van der Waals surface area contributed by atoms with Crippen molar-refractivity contribution in [3.8, 4) is 33.4 Å². The topological polar surface area (TPSA) is 28.4 Å². The maximum absolute atomic E-state index is 6.78. The van der Waals surface area contributed by atoms with Gasteiger partial charge in [-0.15, -0.1) is 0 Å². The number of nitrogens with zero attached hydrogens (tertiary/aromatic N) is 1. The van der Waals surface area contributed by atoms with Gasteiger partial charge >= 0.3 is 0 Å². The summed E-state index contributed by atoms with van der Waals surface area (Å²) in [6, 6.07) is 60.7. The Balaban J connectivity index is 1.16. The van der Waals surface area contributed by atoms with Gasteiger partial charge in [0.15, 0.2) is 0 Å². The summed E-state index contributed by atoms with van der Waals surface area (Å²) in [5.41, 5.74) is 20.5. The summed E-state index contributed by atoms with van der Waals surface area (Å²) in [4.78, 5) is 2.53. The molecule has 0 unspecified atom stereocenters. The molecule has 0 radical (unpaired) electrons. The fourth-order valence-corrected chi connectivity index (χ4v) is 11.4.